The highest BCUT2D eigenvalue weighted by atomic mass is 28.4. The summed E-state index contributed by atoms with van der Waals surface area (Å²) in [7, 11) is -1.24. The number of aromatic nitrogens is 4. The lowest BCUT2D eigenvalue weighted by Gasteiger charge is -2.34. The summed E-state index contributed by atoms with van der Waals surface area (Å²) in [6, 6.07) is 2.43. The zero-order valence-electron chi connectivity index (χ0n) is 27.5. The van der Waals surface area contributed by atoms with E-state index in [1.165, 1.54) is 24.9 Å². The fraction of sp³-hybridized carbons (Fsp3) is 0.724. The number of nitrogens with zero attached hydrogens (tertiary/aromatic N) is 4. The van der Waals surface area contributed by atoms with Gasteiger partial charge in [-0.2, -0.15) is 0 Å². The lowest BCUT2D eigenvalue weighted by molar-refractivity contribution is -0.703. The third-order valence-electron chi connectivity index (χ3n) is 6.20. The molecular formula is C29H56N4O8Si2. The summed E-state index contributed by atoms with van der Waals surface area (Å²) in [4.78, 5) is 17.8. The number of imidazole rings is 2. The fourth-order valence-electron chi connectivity index (χ4n) is 4.50. The van der Waals surface area contributed by atoms with Gasteiger partial charge in [-0.15, -0.1) is 0 Å². The molecule has 0 amide bonds. The van der Waals surface area contributed by atoms with E-state index in [0.29, 0.717) is 26.1 Å². The molecule has 0 saturated carbocycles. The number of unbranched alkanes of at least 4 members (excludes halogenated alkanes) is 1. The van der Waals surface area contributed by atoms with Crippen LogP contribution < -0.4 is 19.3 Å². The number of carbonyl (C=O) groups is 2. The first-order valence-corrected chi connectivity index (χ1v) is 21.2. The number of hydrogen-bond acceptors (Lipinski definition) is 8. The van der Waals surface area contributed by atoms with Crippen molar-refractivity contribution in [1.82, 2.24) is 9.13 Å². The van der Waals surface area contributed by atoms with Crippen molar-refractivity contribution < 1.29 is 48.0 Å². The second kappa shape index (κ2) is 21.4. The number of aryl methyl sites for hydroxylation is 2. The molecule has 2 N–H and O–H groups in total. The monoisotopic (exact) mass is 644 g/mol. The van der Waals surface area contributed by atoms with E-state index in [9.17, 15) is 10.2 Å². The normalized spacial score (nSPS) is 12.9. The molecule has 0 aliphatic rings. The van der Waals surface area contributed by atoms with Gasteiger partial charge in [0.2, 0.25) is 12.7 Å². The van der Waals surface area contributed by atoms with E-state index in [4.69, 9.17) is 28.7 Å². The van der Waals surface area contributed by atoms with E-state index >= 15 is 0 Å². The molecule has 0 spiro atoms. The van der Waals surface area contributed by atoms with E-state index in [1.54, 1.807) is 0 Å². The van der Waals surface area contributed by atoms with Crippen LogP contribution in [-0.2, 0) is 45.1 Å². The average molecular weight is 645 g/mol. The van der Waals surface area contributed by atoms with E-state index in [-0.39, 0.29) is 6.61 Å². The summed E-state index contributed by atoms with van der Waals surface area (Å²) in [5.41, 5.74) is 0. The summed E-state index contributed by atoms with van der Waals surface area (Å²) < 4.78 is 20.4. The Bertz CT molecular complexity index is 1030. The maximum atomic E-state index is 10.4. The number of aliphatic hydroxyl groups excluding tert-OH is 2. The molecule has 0 radical (unpaired) electrons. The van der Waals surface area contributed by atoms with E-state index in [2.05, 4.69) is 50.2 Å². The van der Waals surface area contributed by atoms with Gasteiger partial charge in [-0.05, 0) is 58.5 Å². The van der Waals surface area contributed by atoms with Gasteiger partial charge >= 0.3 is 0 Å². The van der Waals surface area contributed by atoms with Gasteiger partial charge in [-0.25, -0.2) is 18.3 Å². The predicted molar refractivity (Wildman–Crippen MR) is 164 cm³/mol. The minimum atomic E-state index is -1.64. The number of carbonyl (C=O) groups excluding carboxylic acids is 2. The van der Waals surface area contributed by atoms with Crippen molar-refractivity contribution in [2.24, 2.45) is 7.05 Å². The third-order valence-corrected chi connectivity index (χ3v) is 13.7. The average Bonchev–Trinajstić information content (AvgIpc) is 3.47. The van der Waals surface area contributed by atoms with Gasteiger partial charge in [0.25, 0.3) is 0 Å². The van der Waals surface area contributed by atoms with Crippen LogP contribution in [0.4, 0.5) is 0 Å². The summed E-state index contributed by atoms with van der Waals surface area (Å²) in [5, 5.41) is 38.3. The van der Waals surface area contributed by atoms with Crippen molar-refractivity contribution in [2.75, 3.05) is 13.2 Å². The molecule has 43 heavy (non-hydrogen) atoms. The minimum absolute atomic E-state index is 0.264. The predicted octanol–water partition coefficient (Wildman–Crippen LogP) is 0.360. The zero-order chi connectivity index (χ0) is 33.1. The highest BCUT2D eigenvalue weighted by molar-refractivity contribution is 6.84. The number of rotatable bonds is 18. The van der Waals surface area contributed by atoms with Gasteiger partial charge in [0.15, 0.2) is 16.6 Å². The second-order valence-corrected chi connectivity index (χ2v) is 21.0. The second-order valence-electron chi connectivity index (χ2n) is 12.1. The molecule has 12 nitrogen and oxygen atoms in total. The van der Waals surface area contributed by atoms with Gasteiger partial charge in [0, 0.05) is 25.0 Å². The molecule has 0 aromatic carbocycles. The van der Waals surface area contributed by atoms with Gasteiger partial charge in [0.05, 0.1) is 26.3 Å². The molecule has 0 aliphatic carbocycles. The molecule has 14 heteroatoms. The largest absolute Gasteiger partial charge is 0.550 e. The van der Waals surface area contributed by atoms with Crippen molar-refractivity contribution in [1.29, 1.82) is 0 Å². The molecule has 2 atom stereocenters. The van der Waals surface area contributed by atoms with Crippen molar-refractivity contribution in [2.45, 2.75) is 117 Å². The number of carboxylic acid groups (broad SMARTS) is 2. The summed E-state index contributed by atoms with van der Waals surface area (Å²) in [6.07, 6.45) is 15.1. The molecule has 0 fully saturated rings. The van der Waals surface area contributed by atoms with Gasteiger partial charge in [0.1, 0.15) is 44.0 Å². The van der Waals surface area contributed by atoms with Crippen molar-refractivity contribution >= 4 is 28.6 Å². The Hall–Kier alpha value is -2.37. The molecule has 0 saturated heterocycles. The number of carboxylic acids is 2. The van der Waals surface area contributed by atoms with Crippen LogP contribution in [0.1, 0.15) is 46.5 Å². The Labute approximate surface area is 259 Å². The van der Waals surface area contributed by atoms with Crippen LogP contribution >= 0.6 is 0 Å². The Balaban J connectivity index is 0.00000195. The lowest BCUT2D eigenvalue weighted by Crippen LogP contribution is -2.44. The third kappa shape index (κ3) is 23.7. The smallest absolute Gasteiger partial charge is 0.243 e. The first-order valence-electron chi connectivity index (χ1n) is 15.0. The topological polar surface area (TPSA) is 157 Å². The number of ether oxygens (including phenoxy) is 1. The van der Waals surface area contributed by atoms with E-state index < -0.39 is 40.8 Å². The molecule has 248 valence electrons. The zero-order valence-corrected chi connectivity index (χ0v) is 29.5. The SMILES string of the molecule is CC(=O)[O-].CC(=O)[O-].CCCC[Si](C)(C)O[Si](C)(C)CCCn1cc[n+](CC(O)CCOCC(O)Cn2cc[n+](C)c2)c1. The summed E-state index contributed by atoms with van der Waals surface area (Å²) in [6.45, 7) is 16.4. The molecule has 2 aromatic heterocycles. The van der Waals surface area contributed by atoms with Crippen molar-refractivity contribution in [3.63, 3.8) is 0 Å². The molecule has 2 aromatic rings. The Kier molecular flexibility index (Phi) is 20.2. The first-order chi connectivity index (χ1) is 19.9. The molecule has 2 unspecified atom stereocenters. The van der Waals surface area contributed by atoms with Gasteiger partial charge in [-0.1, -0.05) is 19.8 Å². The minimum Gasteiger partial charge on any atom is -0.550 e. The first kappa shape index (κ1) is 40.6. The van der Waals surface area contributed by atoms with Crippen LogP contribution in [0.25, 0.3) is 0 Å². The van der Waals surface area contributed by atoms with Crippen LogP contribution in [0, 0.1) is 0 Å². The van der Waals surface area contributed by atoms with Crippen LogP contribution in [0.3, 0.4) is 0 Å². The van der Waals surface area contributed by atoms with Gasteiger partial charge < -0.3 is 38.9 Å². The van der Waals surface area contributed by atoms with Crippen molar-refractivity contribution in [3.8, 4) is 0 Å². The maximum Gasteiger partial charge on any atom is 0.243 e. The molecule has 0 bridgehead atoms. The lowest BCUT2D eigenvalue weighted by atomic mass is 10.2. The standard InChI is InChI=1S/C25H50N4O4Si2.2C2H4O2/c1-7-8-17-34(3,4)33-35(5,6)18-9-11-27-14-15-29(23-27)19-24(30)10-16-32-21-25(31)20-28-13-12-26(2)22-28;2*1-2(3)4/h12-15,22-25,30-31H,7-11,16-21H2,1-6H3;2*1H3,(H,3,4)/q+2;;/p-2. The number of aliphatic hydroxyl groups is 2. The van der Waals surface area contributed by atoms with E-state index in [0.717, 1.165) is 26.8 Å². The van der Waals surface area contributed by atoms with Crippen LogP contribution in [0.5, 0.6) is 0 Å². The van der Waals surface area contributed by atoms with Crippen LogP contribution in [-0.4, -0.2) is 73.3 Å². The Morgan fingerprint density at radius 2 is 1.47 bits per heavy atom. The quantitative estimate of drug-likeness (QED) is 0.134. The van der Waals surface area contributed by atoms with Crippen LogP contribution in [0.15, 0.2) is 37.4 Å². The molecule has 2 rings (SSSR count). The van der Waals surface area contributed by atoms with Gasteiger partial charge in [-0.3, -0.25) is 0 Å². The molecule has 0 aliphatic heterocycles. The number of aliphatic carboxylic acids is 2. The Morgan fingerprint density at radius 1 is 0.907 bits per heavy atom. The number of hydrogen-bond donors (Lipinski definition) is 2. The highest BCUT2D eigenvalue weighted by Gasteiger charge is 2.32. The summed E-state index contributed by atoms with van der Waals surface area (Å²) in [5.74, 6) is -2.17. The summed E-state index contributed by atoms with van der Waals surface area (Å²) >= 11 is 0. The molecule has 2 heterocycles. The van der Waals surface area contributed by atoms with E-state index in [1.807, 2.05) is 45.7 Å². The fourth-order valence-corrected chi connectivity index (χ4v) is 13.5. The van der Waals surface area contributed by atoms with Crippen molar-refractivity contribution in [3.05, 3.63) is 37.4 Å². The molecular weight excluding hydrogens is 589 g/mol. The highest BCUT2D eigenvalue weighted by Crippen LogP contribution is 2.24. The Morgan fingerprint density at radius 3 is 2.00 bits per heavy atom. The maximum absolute atomic E-state index is 10.4. The van der Waals surface area contributed by atoms with Crippen LogP contribution in [0.2, 0.25) is 38.3 Å².